The van der Waals surface area contributed by atoms with Crippen molar-refractivity contribution in [1.29, 1.82) is 0 Å². The lowest BCUT2D eigenvalue weighted by Gasteiger charge is -2.31. The Balaban J connectivity index is 1.66. The number of halogens is 5. The number of fused-ring (bicyclic) bond motifs is 1. The molecule has 6 nitrogen and oxygen atoms in total. The maximum absolute atomic E-state index is 14.7. The van der Waals surface area contributed by atoms with Gasteiger partial charge in [-0.25, -0.2) is 23.1 Å². The largest absolute Gasteiger partial charge is 0.433 e. The van der Waals surface area contributed by atoms with Crippen LogP contribution in [0.3, 0.4) is 0 Å². The highest BCUT2D eigenvalue weighted by Gasteiger charge is 2.58. The predicted molar refractivity (Wildman–Crippen MR) is 109 cm³/mol. The van der Waals surface area contributed by atoms with E-state index in [9.17, 15) is 26.7 Å². The SMILES string of the molecule is Cc1cc(OC(F)F)cnc1C(=O)Nc1cc(F)c(F)c([C@@]2(CF)N=C(N)S[C@H]3C[C@H]32)c1. The fourth-order valence-electron chi connectivity index (χ4n) is 3.85. The molecule has 4 rings (SSSR count). The number of alkyl halides is 3. The summed E-state index contributed by atoms with van der Waals surface area (Å²) in [5.41, 5.74) is 3.70. The third-order valence-corrected chi connectivity index (χ3v) is 6.53. The number of carbonyl (C=O) groups is 1. The van der Waals surface area contributed by atoms with E-state index in [-0.39, 0.29) is 44.6 Å². The van der Waals surface area contributed by atoms with Gasteiger partial charge in [0.2, 0.25) is 0 Å². The Kier molecular flexibility index (Phi) is 5.74. The van der Waals surface area contributed by atoms with Crippen molar-refractivity contribution in [2.24, 2.45) is 16.6 Å². The molecule has 12 heteroatoms. The van der Waals surface area contributed by atoms with E-state index in [1.165, 1.54) is 24.8 Å². The second kappa shape index (κ2) is 8.23. The summed E-state index contributed by atoms with van der Waals surface area (Å²) in [7, 11) is 0. The Morgan fingerprint density at radius 1 is 1.38 bits per heavy atom. The van der Waals surface area contributed by atoms with Crippen molar-refractivity contribution in [3.8, 4) is 5.75 Å². The predicted octanol–water partition coefficient (Wildman–Crippen LogP) is 4.14. The molecule has 32 heavy (non-hydrogen) atoms. The van der Waals surface area contributed by atoms with Crippen LogP contribution in [0.15, 0.2) is 29.4 Å². The summed E-state index contributed by atoms with van der Waals surface area (Å²) >= 11 is 1.27. The lowest BCUT2D eigenvalue weighted by atomic mass is 9.85. The number of carbonyl (C=O) groups excluding carboxylic acids is 1. The highest BCUT2D eigenvalue weighted by molar-refractivity contribution is 8.14. The summed E-state index contributed by atoms with van der Waals surface area (Å²) in [5, 5.41) is 2.43. The summed E-state index contributed by atoms with van der Waals surface area (Å²) < 4.78 is 72.2. The number of hydrogen-bond donors (Lipinski definition) is 2. The molecule has 2 heterocycles. The zero-order valence-corrected chi connectivity index (χ0v) is 17.4. The quantitative estimate of drug-likeness (QED) is 0.617. The molecule has 3 atom stereocenters. The van der Waals surface area contributed by atoms with Crippen molar-refractivity contribution in [2.45, 2.75) is 30.7 Å². The summed E-state index contributed by atoms with van der Waals surface area (Å²) in [5.74, 6) is -3.95. The van der Waals surface area contributed by atoms with Crippen LogP contribution in [0, 0.1) is 24.5 Å². The lowest BCUT2D eigenvalue weighted by molar-refractivity contribution is -0.0501. The van der Waals surface area contributed by atoms with Gasteiger partial charge in [-0.15, -0.1) is 0 Å². The summed E-state index contributed by atoms with van der Waals surface area (Å²) in [4.78, 5) is 20.5. The van der Waals surface area contributed by atoms with Crippen LogP contribution in [0.2, 0.25) is 0 Å². The molecule has 1 aliphatic carbocycles. The summed E-state index contributed by atoms with van der Waals surface area (Å²) in [6.45, 7) is -2.70. The molecule has 0 radical (unpaired) electrons. The number of aliphatic imine (C=N–C) groups is 1. The summed E-state index contributed by atoms with van der Waals surface area (Å²) in [6.07, 6.45) is 1.49. The van der Waals surface area contributed by atoms with Crippen LogP contribution < -0.4 is 15.8 Å². The third-order valence-electron chi connectivity index (χ3n) is 5.38. The molecule has 1 fully saturated rings. The van der Waals surface area contributed by atoms with Crippen molar-refractivity contribution in [3.63, 3.8) is 0 Å². The van der Waals surface area contributed by atoms with Crippen molar-refractivity contribution >= 4 is 28.5 Å². The molecule has 0 bridgehead atoms. The number of aryl methyl sites for hydroxylation is 1. The first-order valence-electron chi connectivity index (χ1n) is 9.45. The first-order valence-corrected chi connectivity index (χ1v) is 10.3. The lowest BCUT2D eigenvalue weighted by Crippen LogP contribution is -2.37. The van der Waals surface area contributed by atoms with Crippen LogP contribution in [0.4, 0.5) is 27.6 Å². The monoisotopic (exact) mass is 472 g/mol. The van der Waals surface area contributed by atoms with E-state index in [1.54, 1.807) is 0 Å². The Labute approximate surface area is 183 Å². The van der Waals surface area contributed by atoms with Gasteiger partial charge in [0, 0.05) is 28.5 Å². The van der Waals surface area contributed by atoms with Crippen LogP contribution in [0.1, 0.15) is 28.0 Å². The number of ether oxygens (including phenoxy) is 1. The van der Waals surface area contributed by atoms with Gasteiger partial charge in [-0.05, 0) is 31.0 Å². The molecule has 0 spiro atoms. The molecular weight excluding hydrogens is 455 g/mol. The highest BCUT2D eigenvalue weighted by atomic mass is 32.2. The van der Waals surface area contributed by atoms with E-state index in [1.807, 2.05) is 0 Å². The van der Waals surface area contributed by atoms with Gasteiger partial charge in [0.15, 0.2) is 16.8 Å². The van der Waals surface area contributed by atoms with Gasteiger partial charge < -0.3 is 15.8 Å². The molecule has 1 aliphatic heterocycles. The molecule has 3 N–H and O–H groups in total. The van der Waals surface area contributed by atoms with Gasteiger partial charge in [0.05, 0.1) is 6.20 Å². The van der Waals surface area contributed by atoms with Crippen LogP contribution in [-0.2, 0) is 5.54 Å². The molecule has 0 unspecified atom stereocenters. The van der Waals surface area contributed by atoms with E-state index in [0.717, 1.165) is 18.3 Å². The van der Waals surface area contributed by atoms with E-state index in [2.05, 4.69) is 20.0 Å². The Bertz CT molecular complexity index is 1120. The standard InChI is InChI=1S/C20H17F5N4O2S/c1-8-2-10(31-18(24)25)6-27-16(8)17(30)28-9-3-12(15(23)13(22)4-9)20(7-21)11-5-14(11)32-19(26)29-20/h2-4,6,11,14,18H,5,7H2,1H3,(H2,26,29)(H,28,30)/t11-,14+,20+/m1/s1. The van der Waals surface area contributed by atoms with Gasteiger partial charge in [-0.1, -0.05) is 11.8 Å². The fourth-order valence-corrected chi connectivity index (χ4v) is 5.07. The number of nitrogens with one attached hydrogen (secondary N) is 1. The zero-order valence-electron chi connectivity index (χ0n) is 16.5. The number of amidine groups is 1. The van der Waals surface area contributed by atoms with Crippen LogP contribution in [-0.4, -0.2) is 34.6 Å². The van der Waals surface area contributed by atoms with E-state index in [4.69, 9.17) is 5.73 Å². The molecular formula is C20H17F5N4O2S. The van der Waals surface area contributed by atoms with Crippen molar-refractivity contribution in [3.05, 3.63) is 52.9 Å². The maximum atomic E-state index is 14.7. The number of rotatable bonds is 6. The fraction of sp³-hybridized carbons (Fsp3) is 0.350. The topological polar surface area (TPSA) is 89.6 Å². The molecule has 170 valence electrons. The average molecular weight is 472 g/mol. The molecule has 1 aromatic carbocycles. The van der Waals surface area contributed by atoms with Crippen LogP contribution in [0.25, 0.3) is 0 Å². The Morgan fingerprint density at radius 2 is 2.12 bits per heavy atom. The van der Waals surface area contributed by atoms with Gasteiger partial charge in [0.1, 0.15) is 23.7 Å². The number of thioether (sulfide) groups is 1. The number of anilines is 1. The van der Waals surface area contributed by atoms with Crippen molar-refractivity contribution in [1.82, 2.24) is 4.98 Å². The zero-order chi connectivity index (χ0) is 23.2. The smallest absolute Gasteiger partial charge is 0.387 e. The Hall–Kier alpha value is -2.89. The van der Waals surface area contributed by atoms with Crippen LogP contribution in [0.5, 0.6) is 5.75 Å². The van der Waals surface area contributed by atoms with Crippen molar-refractivity contribution < 1.29 is 31.5 Å². The number of hydrogen-bond acceptors (Lipinski definition) is 6. The molecule has 2 aliphatic rings. The minimum Gasteiger partial charge on any atom is -0.433 e. The molecule has 0 saturated heterocycles. The second-order valence-corrected chi connectivity index (χ2v) is 8.75. The van der Waals surface area contributed by atoms with E-state index in [0.29, 0.717) is 6.42 Å². The molecule has 2 aromatic rings. The maximum Gasteiger partial charge on any atom is 0.387 e. The summed E-state index contributed by atoms with van der Waals surface area (Å²) in [6, 6.07) is 3.07. The van der Waals surface area contributed by atoms with Gasteiger partial charge >= 0.3 is 6.61 Å². The molecule has 1 aromatic heterocycles. The van der Waals surface area contributed by atoms with Gasteiger partial charge in [-0.2, -0.15) is 8.78 Å². The first-order chi connectivity index (χ1) is 15.1. The molecule has 1 saturated carbocycles. The number of benzene rings is 1. The molecule has 1 amide bonds. The number of nitrogens with two attached hydrogens (primary N) is 1. The van der Waals surface area contributed by atoms with E-state index < -0.39 is 36.4 Å². The Morgan fingerprint density at radius 3 is 2.78 bits per heavy atom. The van der Waals surface area contributed by atoms with Gasteiger partial charge in [-0.3, -0.25) is 4.79 Å². The number of pyridine rings is 1. The van der Waals surface area contributed by atoms with Crippen molar-refractivity contribution in [2.75, 3.05) is 12.0 Å². The number of amides is 1. The first kappa shape index (κ1) is 22.3. The van der Waals surface area contributed by atoms with Crippen LogP contribution >= 0.6 is 11.8 Å². The number of nitrogens with zero attached hydrogens (tertiary/aromatic N) is 2. The normalized spacial score (nSPS) is 24.0. The minimum absolute atomic E-state index is 0.0372. The highest BCUT2D eigenvalue weighted by Crippen LogP contribution is 2.58. The number of aromatic nitrogens is 1. The third kappa shape index (κ3) is 3.98. The minimum atomic E-state index is -3.06. The van der Waals surface area contributed by atoms with E-state index >= 15 is 0 Å². The van der Waals surface area contributed by atoms with Gasteiger partial charge in [0.25, 0.3) is 5.91 Å². The second-order valence-electron chi connectivity index (χ2n) is 7.50. The average Bonchev–Trinajstić information content (AvgIpc) is 3.49.